The second kappa shape index (κ2) is 6.20. The van der Waals surface area contributed by atoms with Gasteiger partial charge in [-0.2, -0.15) is 0 Å². The van der Waals surface area contributed by atoms with Crippen molar-refractivity contribution in [2.45, 2.75) is 32.4 Å². The summed E-state index contributed by atoms with van der Waals surface area (Å²) in [4.78, 5) is 18.6. The average molecular weight is 343 g/mol. The van der Waals surface area contributed by atoms with E-state index in [-0.39, 0.29) is 12.3 Å². The van der Waals surface area contributed by atoms with Gasteiger partial charge < -0.3 is 13.9 Å². The van der Waals surface area contributed by atoms with E-state index in [9.17, 15) is 4.79 Å². The smallest absolute Gasteiger partial charge is 0.228 e. The number of hydrogen-bond donors (Lipinski definition) is 0. The normalized spacial score (nSPS) is 13.2. The van der Waals surface area contributed by atoms with Crippen LogP contribution < -0.4 is 0 Å². The predicted octanol–water partition coefficient (Wildman–Crippen LogP) is 2.14. The molecule has 24 heavy (non-hydrogen) atoms. The first-order valence-corrected chi connectivity index (χ1v) is 8.72. The van der Waals surface area contributed by atoms with Crippen molar-refractivity contribution in [1.29, 1.82) is 0 Å². The van der Waals surface area contributed by atoms with Gasteiger partial charge in [0, 0.05) is 25.4 Å². The molecule has 3 aromatic heterocycles. The molecule has 0 aliphatic carbocycles. The fourth-order valence-electron chi connectivity index (χ4n) is 2.82. The number of aromatic nitrogens is 4. The minimum Gasteiger partial charge on any atom is -0.462 e. The largest absolute Gasteiger partial charge is 0.462 e. The molecule has 0 atom stereocenters. The van der Waals surface area contributed by atoms with Crippen LogP contribution in [0.15, 0.2) is 28.2 Å². The Morgan fingerprint density at radius 3 is 3.21 bits per heavy atom. The lowest BCUT2D eigenvalue weighted by molar-refractivity contribution is -0.129. The molecule has 1 amide bonds. The van der Waals surface area contributed by atoms with Crippen molar-refractivity contribution >= 4 is 17.2 Å². The predicted molar refractivity (Wildman–Crippen MR) is 88.3 cm³/mol. The minimum atomic E-state index is 0.0154. The third-order valence-electron chi connectivity index (χ3n) is 4.11. The van der Waals surface area contributed by atoms with E-state index in [0.717, 1.165) is 47.5 Å². The first kappa shape index (κ1) is 15.1. The summed E-state index contributed by atoms with van der Waals surface area (Å²) in [5, 5.41) is 11.1. The molecule has 0 spiro atoms. The molecule has 0 aromatic carbocycles. The number of aryl methyl sites for hydroxylation is 1. The van der Waals surface area contributed by atoms with Crippen LogP contribution >= 0.6 is 11.3 Å². The Hall–Kier alpha value is -2.48. The lowest BCUT2D eigenvalue weighted by Crippen LogP contribution is -2.29. The summed E-state index contributed by atoms with van der Waals surface area (Å²) in [6.07, 6.45) is 3.96. The molecule has 0 N–H and O–H groups in total. The molecule has 0 unspecified atom stereocenters. The fourth-order valence-corrected chi connectivity index (χ4v) is 3.61. The van der Waals surface area contributed by atoms with E-state index in [1.807, 2.05) is 17.5 Å². The standard InChI is InChI=1S/C16H17N5O2S/c1-20(9-14-19-18-13-5-2-6-21(13)14)15(22)8-11-10-24-16(17-11)12-4-3-7-23-12/h3-4,7,10H,2,5-6,8-9H2,1H3. The Kier molecular flexibility index (Phi) is 3.89. The van der Waals surface area contributed by atoms with Gasteiger partial charge in [0.2, 0.25) is 5.91 Å². The number of rotatable bonds is 5. The van der Waals surface area contributed by atoms with Gasteiger partial charge in [0.25, 0.3) is 0 Å². The molecule has 0 saturated carbocycles. The Morgan fingerprint density at radius 1 is 1.46 bits per heavy atom. The maximum atomic E-state index is 12.4. The summed E-state index contributed by atoms with van der Waals surface area (Å²) in [5.41, 5.74) is 0.759. The van der Waals surface area contributed by atoms with E-state index in [0.29, 0.717) is 6.54 Å². The van der Waals surface area contributed by atoms with Crippen LogP contribution in [0.2, 0.25) is 0 Å². The molecule has 7 nitrogen and oxygen atoms in total. The van der Waals surface area contributed by atoms with E-state index < -0.39 is 0 Å². The fraction of sp³-hybridized carbons (Fsp3) is 0.375. The number of carbonyl (C=O) groups excluding carboxylic acids is 1. The Balaban J connectivity index is 1.40. The summed E-state index contributed by atoms with van der Waals surface area (Å²) in [6, 6.07) is 3.69. The molecule has 8 heteroatoms. The monoisotopic (exact) mass is 343 g/mol. The first-order valence-electron chi connectivity index (χ1n) is 7.84. The zero-order valence-electron chi connectivity index (χ0n) is 13.3. The highest BCUT2D eigenvalue weighted by Gasteiger charge is 2.20. The second-order valence-electron chi connectivity index (χ2n) is 5.84. The summed E-state index contributed by atoms with van der Waals surface area (Å²) in [6.45, 7) is 1.42. The molecule has 1 aliphatic rings. The first-order chi connectivity index (χ1) is 11.7. The lowest BCUT2D eigenvalue weighted by Gasteiger charge is -2.16. The van der Waals surface area contributed by atoms with Gasteiger partial charge in [0.05, 0.1) is 24.9 Å². The molecule has 0 radical (unpaired) electrons. The van der Waals surface area contributed by atoms with E-state index in [2.05, 4.69) is 19.7 Å². The molecule has 0 bridgehead atoms. The van der Waals surface area contributed by atoms with Crippen LogP contribution in [0.5, 0.6) is 0 Å². The highest BCUT2D eigenvalue weighted by Crippen LogP contribution is 2.24. The van der Waals surface area contributed by atoms with Crippen molar-refractivity contribution in [3.8, 4) is 10.8 Å². The number of carbonyl (C=O) groups is 1. The van der Waals surface area contributed by atoms with Crippen LogP contribution in [0.25, 0.3) is 10.8 Å². The Bertz CT molecular complexity index is 852. The van der Waals surface area contributed by atoms with Crippen LogP contribution in [0.4, 0.5) is 0 Å². The lowest BCUT2D eigenvalue weighted by atomic mass is 10.3. The summed E-state index contributed by atoms with van der Waals surface area (Å²) >= 11 is 1.48. The highest BCUT2D eigenvalue weighted by atomic mass is 32.1. The molecule has 124 valence electrons. The summed E-state index contributed by atoms with van der Waals surface area (Å²) < 4.78 is 7.45. The molecule has 4 rings (SSSR count). The molecule has 1 aliphatic heterocycles. The van der Waals surface area contributed by atoms with Gasteiger partial charge in [0.15, 0.2) is 16.6 Å². The maximum Gasteiger partial charge on any atom is 0.228 e. The van der Waals surface area contributed by atoms with Gasteiger partial charge in [-0.3, -0.25) is 4.79 Å². The van der Waals surface area contributed by atoms with Gasteiger partial charge >= 0.3 is 0 Å². The van der Waals surface area contributed by atoms with Gasteiger partial charge in [0.1, 0.15) is 5.82 Å². The second-order valence-corrected chi connectivity index (χ2v) is 6.69. The molecule has 4 heterocycles. The molecule has 0 fully saturated rings. The zero-order valence-corrected chi connectivity index (χ0v) is 14.1. The number of furan rings is 1. The van der Waals surface area contributed by atoms with E-state index in [1.54, 1.807) is 18.2 Å². The van der Waals surface area contributed by atoms with Gasteiger partial charge in [-0.1, -0.05) is 0 Å². The van der Waals surface area contributed by atoms with Crippen molar-refractivity contribution in [3.63, 3.8) is 0 Å². The number of hydrogen-bond acceptors (Lipinski definition) is 6. The van der Waals surface area contributed by atoms with Crippen LogP contribution in [-0.2, 0) is 30.7 Å². The maximum absolute atomic E-state index is 12.4. The van der Waals surface area contributed by atoms with Crippen LogP contribution in [-0.4, -0.2) is 37.6 Å². The van der Waals surface area contributed by atoms with Crippen molar-refractivity contribution in [2.75, 3.05) is 7.05 Å². The molecular formula is C16H17N5O2S. The van der Waals surface area contributed by atoms with E-state index >= 15 is 0 Å². The molecule has 0 saturated heterocycles. The number of amides is 1. The van der Waals surface area contributed by atoms with E-state index in [1.165, 1.54) is 11.3 Å². The third-order valence-corrected chi connectivity index (χ3v) is 5.01. The molecule has 3 aromatic rings. The Labute approximate surface area is 142 Å². The summed E-state index contributed by atoms with van der Waals surface area (Å²) in [5.74, 6) is 2.62. The van der Waals surface area contributed by atoms with Gasteiger partial charge in [-0.25, -0.2) is 4.98 Å². The number of nitrogens with zero attached hydrogens (tertiary/aromatic N) is 5. The zero-order chi connectivity index (χ0) is 16.5. The SMILES string of the molecule is CN(Cc1nnc2n1CCC2)C(=O)Cc1csc(-c2ccco2)n1. The quantitative estimate of drug-likeness (QED) is 0.709. The highest BCUT2D eigenvalue weighted by molar-refractivity contribution is 7.13. The van der Waals surface area contributed by atoms with Crippen molar-refractivity contribution in [1.82, 2.24) is 24.6 Å². The van der Waals surface area contributed by atoms with Crippen LogP contribution in [0.1, 0.15) is 23.8 Å². The van der Waals surface area contributed by atoms with Crippen LogP contribution in [0, 0.1) is 0 Å². The van der Waals surface area contributed by atoms with Crippen molar-refractivity contribution in [2.24, 2.45) is 0 Å². The summed E-state index contributed by atoms with van der Waals surface area (Å²) in [7, 11) is 1.79. The minimum absolute atomic E-state index is 0.0154. The third kappa shape index (κ3) is 2.84. The average Bonchev–Trinajstić information content (AvgIpc) is 3.33. The van der Waals surface area contributed by atoms with Crippen LogP contribution in [0.3, 0.4) is 0 Å². The van der Waals surface area contributed by atoms with Crippen molar-refractivity contribution < 1.29 is 9.21 Å². The molecular weight excluding hydrogens is 326 g/mol. The number of likely N-dealkylation sites (N-methyl/N-ethyl adjacent to an activating group) is 1. The Morgan fingerprint density at radius 2 is 2.38 bits per heavy atom. The van der Waals surface area contributed by atoms with Crippen molar-refractivity contribution in [3.05, 3.63) is 41.1 Å². The number of fused-ring (bicyclic) bond motifs is 1. The number of thiazole rings is 1. The van der Waals surface area contributed by atoms with Gasteiger partial charge in [-0.15, -0.1) is 21.5 Å². The topological polar surface area (TPSA) is 77.0 Å². The van der Waals surface area contributed by atoms with E-state index in [4.69, 9.17) is 4.42 Å². The van der Waals surface area contributed by atoms with Gasteiger partial charge in [-0.05, 0) is 18.6 Å².